The lowest BCUT2D eigenvalue weighted by Gasteiger charge is -2.21. The van der Waals surface area contributed by atoms with E-state index >= 15 is 0 Å². The second kappa shape index (κ2) is 7.92. The normalized spacial score (nSPS) is 15.8. The van der Waals surface area contributed by atoms with E-state index in [1.807, 2.05) is 24.3 Å². The molecule has 0 spiro atoms. The van der Waals surface area contributed by atoms with Crippen LogP contribution in [0.15, 0.2) is 24.3 Å². The van der Waals surface area contributed by atoms with Crippen molar-refractivity contribution in [2.45, 2.75) is 40.0 Å². The Kier molecular flexibility index (Phi) is 5.63. The van der Waals surface area contributed by atoms with Crippen LogP contribution >= 0.6 is 11.3 Å². The van der Waals surface area contributed by atoms with Gasteiger partial charge in [0.1, 0.15) is 11.1 Å². The molecule has 2 aromatic rings. The fourth-order valence-corrected chi connectivity index (χ4v) is 4.90. The van der Waals surface area contributed by atoms with Crippen molar-refractivity contribution in [1.82, 2.24) is 0 Å². The maximum absolute atomic E-state index is 12.7. The summed E-state index contributed by atoms with van der Waals surface area (Å²) in [6.45, 7) is 8.35. The van der Waals surface area contributed by atoms with E-state index in [0.717, 1.165) is 43.6 Å². The summed E-state index contributed by atoms with van der Waals surface area (Å²) in [5.74, 6) is 0.489. The molecule has 5 heteroatoms. The Hall–Kier alpha value is -2.32. The first-order chi connectivity index (χ1) is 12.6. The van der Waals surface area contributed by atoms with Crippen LogP contribution in [0.25, 0.3) is 0 Å². The number of nitrogens with zero attached hydrogens (tertiary/aromatic N) is 2. The van der Waals surface area contributed by atoms with Gasteiger partial charge in [-0.05, 0) is 68.9 Å². The van der Waals surface area contributed by atoms with Gasteiger partial charge in [-0.15, -0.1) is 11.3 Å². The summed E-state index contributed by atoms with van der Waals surface area (Å²) in [5, 5.41) is 13.2. The summed E-state index contributed by atoms with van der Waals surface area (Å²) in [6.07, 6.45) is 3.05. The number of nitrogens with one attached hydrogen (secondary N) is 1. The number of rotatable bonds is 5. The van der Waals surface area contributed by atoms with Gasteiger partial charge < -0.3 is 10.2 Å². The minimum Gasteiger partial charge on any atom is -0.372 e. The second-order valence-electron chi connectivity index (χ2n) is 6.84. The van der Waals surface area contributed by atoms with E-state index in [4.69, 9.17) is 0 Å². The van der Waals surface area contributed by atoms with E-state index in [-0.39, 0.29) is 5.91 Å². The van der Waals surface area contributed by atoms with E-state index in [9.17, 15) is 10.1 Å². The summed E-state index contributed by atoms with van der Waals surface area (Å²) < 4.78 is 0. The zero-order valence-electron chi connectivity index (χ0n) is 15.6. The first-order valence-electron chi connectivity index (χ1n) is 9.28. The molecule has 0 bridgehead atoms. The van der Waals surface area contributed by atoms with Crippen molar-refractivity contribution in [2.75, 3.05) is 23.3 Å². The van der Waals surface area contributed by atoms with Crippen LogP contribution in [0.3, 0.4) is 0 Å². The van der Waals surface area contributed by atoms with Crippen molar-refractivity contribution in [3.05, 3.63) is 45.8 Å². The Balaban J connectivity index is 1.79. The Morgan fingerprint density at radius 2 is 2.00 bits per heavy atom. The molecule has 1 aromatic carbocycles. The summed E-state index contributed by atoms with van der Waals surface area (Å²) in [7, 11) is 0. The van der Waals surface area contributed by atoms with Gasteiger partial charge in [0.25, 0.3) is 5.91 Å². The third-order valence-corrected chi connectivity index (χ3v) is 6.28. The molecule has 136 valence electrons. The third-order valence-electron chi connectivity index (χ3n) is 5.11. The molecular formula is C21H25N3OS. The maximum atomic E-state index is 12.7. The van der Waals surface area contributed by atoms with Crippen LogP contribution in [0.5, 0.6) is 0 Å². The van der Waals surface area contributed by atoms with Crippen LogP contribution < -0.4 is 10.2 Å². The highest BCUT2D eigenvalue weighted by Gasteiger charge is 2.24. The van der Waals surface area contributed by atoms with Gasteiger partial charge in [0, 0.05) is 29.2 Å². The molecule has 1 atom stereocenters. The molecule has 26 heavy (non-hydrogen) atoms. The quantitative estimate of drug-likeness (QED) is 0.822. The highest BCUT2D eigenvalue weighted by Crippen LogP contribution is 2.39. The standard InChI is InChI=1S/C21H25N3OS/c1-4-24(5-2)16-9-7-15(8-10-16)20(25)23-21-18(13-22)17-11-6-14(3)12-19(17)26-21/h7-10,14H,4-6,11-12H2,1-3H3,(H,23,25)/t14-/m1/s1. The predicted molar refractivity (Wildman–Crippen MR) is 108 cm³/mol. The Morgan fingerprint density at radius 1 is 1.31 bits per heavy atom. The number of thiophene rings is 1. The summed E-state index contributed by atoms with van der Waals surface area (Å²) in [6, 6.07) is 9.97. The highest BCUT2D eigenvalue weighted by molar-refractivity contribution is 7.16. The minimum absolute atomic E-state index is 0.153. The second-order valence-corrected chi connectivity index (χ2v) is 7.95. The molecule has 1 aliphatic carbocycles. The molecular weight excluding hydrogens is 342 g/mol. The first kappa shape index (κ1) is 18.5. The van der Waals surface area contributed by atoms with Gasteiger partial charge in [0.2, 0.25) is 0 Å². The molecule has 1 heterocycles. The number of hydrogen-bond acceptors (Lipinski definition) is 4. The van der Waals surface area contributed by atoms with Crippen LogP contribution in [-0.2, 0) is 12.8 Å². The van der Waals surface area contributed by atoms with Gasteiger partial charge in [-0.1, -0.05) is 6.92 Å². The van der Waals surface area contributed by atoms with Crippen molar-refractivity contribution in [1.29, 1.82) is 5.26 Å². The van der Waals surface area contributed by atoms with E-state index in [2.05, 4.69) is 37.1 Å². The molecule has 0 radical (unpaired) electrons. The lowest BCUT2D eigenvalue weighted by molar-refractivity contribution is 0.102. The number of amides is 1. The number of anilines is 2. The van der Waals surface area contributed by atoms with Gasteiger partial charge in [0.15, 0.2) is 0 Å². The van der Waals surface area contributed by atoms with Gasteiger partial charge in [-0.3, -0.25) is 4.79 Å². The van der Waals surface area contributed by atoms with Crippen LogP contribution in [0, 0.1) is 17.2 Å². The van der Waals surface area contributed by atoms with Crippen molar-refractivity contribution in [3.8, 4) is 6.07 Å². The fourth-order valence-electron chi connectivity index (χ4n) is 3.54. The number of fused-ring (bicyclic) bond motifs is 1. The molecule has 1 N–H and O–H groups in total. The van der Waals surface area contributed by atoms with Crippen LogP contribution in [0.2, 0.25) is 0 Å². The number of benzene rings is 1. The molecule has 4 nitrogen and oxygen atoms in total. The van der Waals surface area contributed by atoms with E-state index in [0.29, 0.717) is 22.0 Å². The van der Waals surface area contributed by atoms with Crippen molar-refractivity contribution in [2.24, 2.45) is 5.92 Å². The monoisotopic (exact) mass is 367 g/mol. The third kappa shape index (κ3) is 3.61. The predicted octanol–water partition coefficient (Wildman–Crippen LogP) is 4.84. The number of carbonyl (C=O) groups excluding carboxylic acids is 1. The Labute approximate surface area is 159 Å². The molecule has 0 saturated carbocycles. The van der Waals surface area contributed by atoms with E-state index in [1.165, 1.54) is 4.88 Å². The number of hydrogen-bond donors (Lipinski definition) is 1. The summed E-state index contributed by atoms with van der Waals surface area (Å²) >= 11 is 1.57. The molecule has 0 saturated heterocycles. The van der Waals surface area contributed by atoms with Crippen LogP contribution in [-0.4, -0.2) is 19.0 Å². The van der Waals surface area contributed by atoms with Gasteiger partial charge in [-0.2, -0.15) is 5.26 Å². The molecule has 1 amide bonds. The van der Waals surface area contributed by atoms with Crippen LogP contribution in [0.1, 0.15) is 53.6 Å². The van der Waals surface area contributed by atoms with Crippen LogP contribution in [0.4, 0.5) is 10.7 Å². The van der Waals surface area contributed by atoms with Crippen molar-refractivity contribution < 1.29 is 4.79 Å². The van der Waals surface area contributed by atoms with Gasteiger partial charge in [0.05, 0.1) is 5.56 Å². The molecule has 1 aliphatic rings. The average Bonchev–Trinajstić information content (AvgIpc) is 2.99. The van der Waals surface area contributed by atoms with Crippen molar-refractivity contribution >= 4 is 27.9 Å². The Morgan fingerprint density at radius 3 is 2.62 bits per heavy atom. The van der Waals surface area contributed by atoms with Crippen molar-refractivity contribution in [3.63, 3.8) is 0 Å². The Bertz CT molecular complexity index is 828. The lowest BCUT2D eigenvalue weighted by atomic mass is 9.88. The zero-order chi connectivity index (χ0) is 18.7. The minimum atomic E-state index is -0.153. The molecule has 0 unspecified atom stereocenters. The largest absolute Gasteiger partial charge is 0.372 e. The maximum Gasteiger partial charge on any atom is 0.256 e. The van der Waals surface area contributed by atoms with Gasteiger partial charge >= 0.3 is 0 Å². The molecule has 0 aliphatic heterocycles. The average molecular weight is 368 g/mol. The lowest BCUT2D eigenvalue weighted by Crippen LogP contribution is -2.21. The molecule has 0 fully saturated rings. The topological polar surface area (TPSA) is 56.1 Å². The highest BCUT2D eigenvalue weighted by atomic mass is 32.1. The van der Waals surface area contributed by atoms with Gasteiger partial charge in [-0.25, -0.2) is 0 Å². The van der Waals surface area contributed by atoms with E-state index < -0.39 is 0 Å². The fraction of sp³-hybridized carbons (Fsp3) is 0.429. The van der Waals surface area contributed by atoms with E-state index in [1.54, 1.807) is 11.3 Å². The summed E-state index contributed by atoms with van der Waals surface area (Å²) in [5.41, 5.74) is 3.53. The molecule has 3 rings (SSSR count). The summed E-state index contributed by atoms with van der Waals surface area (Å²) in [4.78, 5) is 16.1. The smallest absolute Gasteiger partial charge is 0.256 e. The SMILES string of the molecule is CCN(CC)c1ccc(C(=O)Nc2sc3c(c2C#N)CC[C@@H](C)C3)cc1. The number of carbonyl (C=O) groups is 1. The zero-order valence-corrected chi connectivity index (χ0v) is 16.4. The first-order valence-corrected chi connectivity index (χ1v) is 10.1. The number of nitriles is 1. The molecule has 1 aromatic heterocycles.